The summed E-state index contributed by atoms with van der Waals surface area (Å²) in [5, 5.41) is 11.7. The first kappa shape index (κ1) is 12.5. The van der Waals surface area contributed by atoms with Gasteiger partial charge in [0.1, 0.15) is 6.54 Å². The highest BCUT2D eigenvalue weighted by Gasteiger charge is 2.00. The summed E-state index contributed by atoms with van der Waals surface area (Å²) in [6.45, 7) is 2.50. The van der Waals surface area contributed by atoms with Crippen LogP contribution in [0.25, 0.3) is 0 Å². The van der Waals surface area contributed by atoms with E-state index in [9.17, 15) is 4.79 Å². The van der Waals surface area contributed by atoms with Crippen molar-refractivity contribution in [3.8, 4) is 0 Å². The molecule has 1 rings (SSSR count). The van der Waals surface area contributed by atoms with Crippen molar-refractivity contribution < 1.29 is 14.6 Å². The number of rotatable bonds is 6. The van der Waals surface area contributed by atoms with Gasteiger partial charge >= 0.3 is 5.97 Å². The predicted octanol–water partition coefficient (Wildman–Crippen LogP) is 1.20. The van der Waals surface area contributed by atoms with Crippen LogP contribution in [0.3, 0.4) is 0 Å². The van der Waals surface area contributed by atoms with Crippen molar-refractivity contribution >= 4 is 11.7 Å². The molecule has 0 heterocycles. The smallest absolute Gasteiger partial charge is 0.325 e. The molecule has 0 unspecified atom stereocenters. The SMILES string of the molecule is CCOC(=O)CNc1ccc(CCO)cc1. The molecule has 0 atom stereocenters. The Morgan fingerprint density at radius 3 is 2.62 bits per heavy atom. The van der Waals surface area contributed by atoms with Gasteiger partial charge in [0.25, 0.3) is 0 Å². The van der Waals surface area contributed by atoms with Gasteiger partial charge in [-0.2, -0.15) is 0 Å². The third-order valence-electron chi connectivity index (χ3n) is 2.10. The van der Waals surface area contributed by atoms with Gasteiger partial charge in [0.15, 0.2) is 0 Å². The lowest BCUT2D eigenvalue weighted by Gasteiger charge is -2.06. The molecule has 0 spiro atoms. The summed E-state index contributed by atoms with van der Waals surface area (Å²) in [6, 6.07) is 7.60. The lowest BCUT2D eigenvalue weighted by molar-refractivity contribution is -0.140. The van der Waals surface area contributed by atoms with Crippen LogP contribution in [-0.4, -0.2) is 30.8 Å². The van der Waals surface area contributed by atoms with Gasteiger partial charge in [-0.15, -0.1) is 0 Å². The van der Waals surface area contributed by atoms with Crippen molar-refractivity contribution in [1.82, 2.24) is 0 Å². The molecule has 0 saturated heterocycles. The van der Waals surface area contributed by atoms with Gasteiger partial charge in [-0.25, -0.2) is 0 Å². The normalized spacial score (nSPS) is 9.88. The highest BCUT2D eigenvalue weighted by Crippen LogP contribution is 2.09. The van der Waals surface area contributed by atoms with Crippen molar-refractivity contribution in [3.05, 3.63) is 29.8 Å². The number of benzene rings is 1. The number of ether oxygens (including phenoxy) is 1. The number of hydrogen-bond acceptors (Lipinski definition) is 4. The maximum atomic E-state index is 11.1. The van der Waals surface area contributed by atoms with Gasteiger partial charge < -0.3 is 15.2 Å². The van der Waals surface area contributed by atoms with Gasteiger partial charge in [-0.3, -0.25) is 4.79 Å². The molecular weight excluding hydrogens is 206 g/mol. The molecule has 0 aliphatic heterocycles. The van der Waals surface area contributed by atoms with Gasteiger partial charge in [0.2, 0.25) is 0 Å². The minimum atomic E-state index is -0.262. The summed E-state index contributed by atoms with van der Waals surface area (Å²) in [7, 11) is 0. The summed E-state index contributed by atoms with van der Waals surface area (Å²) in [4.78, 5) is 11.1. The van der Waals surface area contributed by atoms with Crippen LogP contribution < -0.4 is 5.32 Å². The minimum Gasteiger partial charge on any atom is -0.465 e. The topological polar surface area (TPSA) is 58.6 Å². The van der Waals surface area contributed by atoms with Crippen molar-refractivity contribution in [2.24, 2.45) is 0 Å². The molecule has 88 valence electrons. The van der Waals surface area contributed by atoms with Gasteiger partial charge in [-0.05, 0) is 31.0 Å². The lowest BCUT2D eigenvalue weighted by Crippen LogP contribution is -2.16. The molecule has 1 aromatic carbocycles. The van der Waals surface area contributed by atoms with E-state index < -0.39 is 0 Å². The van der Waals surface area contributed by atoms with E-state index in [2.05, 4.69) is 5.32 Å². The molecule has 2 N–H and O–H groups in total. The fourth-order valence-electron chi connectivity index (χ4n) is 1.30. The highest BCUT2D eigenvalue weighted by molar-refractivity contribution is 5.74. The predicted molar refractivity (Wildman–Crippen MR) is 62.4 cm³/mol. The number of anilines is 1. The van der Waals surface area contributed by atoms with E-state index in [0.717, 1.165) is 11.3 Å². The largest absolute Gasteiger partial charge is 0.465 e. The number of aliphatic hydroxyl groups is 1. The van der Waals surface area contributed by atoms with Crippen LogP contribution in [0, 0.1) is 0 Å². The summed E-state index contributed by atoms with van der Waals surface area (Å²) in [5.74, 6) is -0.262. The Hall–Kier alpha value is -1.55. The monoisotopic (exact) mass is 223 g/mol. The summed E-state index contributed by atoms with van der Waals surface area (Å²) >= 11 is 0. The van der Waals surface area contributed by atoms with Gasteiger partial charge in [0, 0.05) is 12.3 Å². The van der Waals surface area contributed by atoms with E-state index >= 15 is 0 Å². The maximum Gasteiger partial charge on any atom is 0.325 e. The summed E-state index contributed by atoms with van der Waals surface area (Å²) in [6.07, 6.45) is 0.651. The molecule has 0 saturated carbocycles. The highest BCUT2D eigenvalue weighted by atomic mass is 16.5. The Kier molecular flexibility index (Phi) is 5.36. The molecule has 0 aromatic heterocycles. The number of carbonyl (C=O) groups is 1. The van der Waals surface area contributed by atoms with E-state index in [0.29, 0.717) is 13.0 Å². The Morgan fingerprint density at radius 2 is 2.06 bits per heavy atom. The first-order chi connectivity index (χ1) is 7.76. The Balaban J connectivity index is 2.40. The standard InChI is InChI=1S/C12H17NO3/c1-2-16-12(15)9-13-11-5-3-10(4-6-11)7-8-14/h3-6,13-14H,2,7-9H2,1H3. The second-order valence-corrected chi connectivity index (χ2v) is 3.33. The van der Waals surface area contributed by atoms with Crippen LogP contribution in [0.1, 0.15) is 12.5 Å². The van der Waals surface area contributed by atoms with Gasteiger partial charge in [0.05, 0.1) is 6.61 Å². The van der Waals surface area contributed by atoms with E-state index in [-0.39, 0.29) is 19.1 Å². The number of esters is 1. The number of aliphatic hydroxyl groups excluding tert-OH is 1. The Morgan fingerprint density at radius 1 is 1.38 bits per heavy atom. The van der Waals surface area contributed by atoms with Crippen LogP contribution in [0.5, 0.6) is 0 Å². The fraction of sp³-hybridized carbons (Fsp3) is 0.417. The van der Waals surface area contributed by atoms with Crippen molar-refractivity contribution in [2.45, 2.75) is 13.3 Å². The van der Waals surface area contributed by atoms with Crippen molar-refractivity contribution in [1.29, 1.82) is 0 Å². The molecule has 0 aliphatic rings. The van der Waals surface area contributed by atoms with Crippen LogP contribution in [0.15, 0.2) is 24.3 Å². The molecular formula is C12H17NO3. The molecule has 16 heavy (non-hydrogen) atoms. The first-order valence-corrected chi connectivity index (χ1v) is 5.35. The molecule has 0 aliphatic carbocycles. The third kappa shape index (κ3) is 4.31. The van der Waals surface area contributed by atoms with Crippen LogP contribution in [0.2, 0.25) is 0 Å². The first-order valence-electron chi connectivity index (χ1n) is 5.35. The van der Waals surface area contributed by atoms with Crippen LogP contribution >= 0.6 is 0 Å². The molecule has 0 fully saturated rings. The molecule has 0 amide bonds. The number of nitrogens with one attached hydrogen (secondary N) is 1. The zero-order valence-electron chi connectivity index (χ0n) is 9.40. The van der Waals surface area contributed by atoms with E-state index in [4.69, 9.17) is 9.84 Å². The molecule has 0 bridgehead atoms. The summed E-state index contributed by atoms with van der Waals surface area (Å²) in [5.41, 5.74) is 1.94. The van der Waals surface area contributed by atoms with Crippen molar-refractivity contribution in [2.75, 3.05) is 25.1 Å². The van der Waals surface area contributed by atoms with E-state index in [1.54, 1.807) is 6.92 Å². The van der Waals surface area contributed by atoms with E-state index in [1.165, 1.54) is 0 Å². The maximum absolute atomic E-state index is 11.1. The minimum absolute atomic E-state index is 0.148. The van der Waals surface area contributed by atoms with Crippen LogP contribution in [-0.2, 0) is 16.0 Å². The lowest BCUT2D eigenvalue weighted by atomic mass is 10.1. The Bertz CT molecular complexity index is 322. The summed E-state index contributed by atoms with van der Waals surface area (Å²) < 4.78 is 4.79. The molecule has 1 aromatic rings. The third-order valence-corrected chi connectivity index (χ3v) is 2.10. The van der Waals surface area contributed by atoms with Crippen LogP contribution in [0.4, 0.5) is 5.69 Å². The molecule has 4 heteroatoms. The Labute approximate surface area is 95.2 Å². The van der Waals surface area contributed by atoms with E-state index in [1.807, 2.05) is 24.3 Å². The second-order valence-electron chi connectivity index (χ2n) is 3.33. The average molecular weight is 223 g/mol. The molecule has 0 radical (unpaired) electrons. The quantitative estimate of drug-likeness (QED) is 0.711. The fourth-order valence-corrected chi connectivity index (χ4v) is 1.30. The second kappa shape index (κ2) is 6.85. The van der Waals surface area contributed by atoms with Crippen molar-refractivity contribution in [3.63, 3.8) is 0 Å². The number of hydrogen-bond donors (Lipinski definition) is 2. The zero-order chi connectivity index (χ0) is 11.8. The number of carbonyl (C=O) groups excluding carboxylic acids is 1. The van der Waals surface area contributed by atoms with Gasteiger partial charge in [-0.1, -0.05) is 12.1 Å². The average Bonchev–Trinajstić information content (AvgIpc) is 2.29. The zero-order valence-corrected chi connectivity index (χ0v) is 9.40. The molecule has 4 nitrogen and oxygen atoms in total.